The van der Waals surface area contributed by atoms with Crippen LogP contribution in [0, 0.1) is 0 Å². The molecule has 1 aliphatic rings. The molecule has 1 unspecified atom stereocenters. The number of piperazine rings is 1. The Morgan fingerprint density at radius 2 is 2.03 bits per heavy atom. The number of benzene rings is 1. The minimum Gasteiger partial charge on any atom is -0.353 e. The molecule has 0 saturated carbocycles. The third kappa shape index (κ3) is 6.33. The zero-order valence-corrected chi connectivity index (χ0v) is 16.9. The minimum absolute atomic E-state index is 0.0311. The number of hydrogen-bond acceptors (Lipinski definition) is 7. The maximum atomic E-state index is 12.8. The third-order valence-corrected chi connectivity index (χ3v) is 5.04. The molecule has 10 nitrogen and oxygen atoms in total. The summed E-state index contributed by atoms with van der Waals surface area (Å²) >= 11 is 0. The van der Waals surface area contributed by atoms with E-state index in [1.807, 2.05) is 42.1 Å². The van der Waals surface area contributed by atoms with Crippen LogP contribution in [0.3, 0.4) is 0 Å². The summed E-state index contributed by atoms with van der Waals surface area (Å²) < 4.78 is 0. The Kier molecular flexibility index (Phi) is 7.25. The van der Waals surface area contributed by atoms with Crippen LogP contribution in [0.2, 0.25) is 0 Å². The Labute approximate surface area is 170 Å². The molecule has 1 atom stereocenters. The highest BCUT2D eigenvalue weighted by atomic mass is 16.2. The number of nitrogens with one attached hydrogen (secondary N) is 1. The molecule has 1 aromatic carbocycles. The highest BCUT2D eigenvalue weighted by molar-refractivity contribution is 5.78. The van der Waals surface area contributed by atoms with Crippen LogP contribution in [-0.4, -0.2) is 99.6 Å². The van der Waals surface area contributed by atoms with Crippen LogP contribution in [0.25, 0.3) is 0 Å². The molecule has 0 radical (unpaired) electrons. The molecule has 2 heterocycles. The number of hydrogen-bond donors (Lipinski definition) is 1. The van der Waals surface area contributed by atoms with E-state index < -0.39 is 0 Å². The molecule has 1 fully saturated rings. The second-order valence-corrected chi connectivity index (χ2v) is 7.40. The van der Waals surface area contributed by atoms with Crippen LogP contribution in [-0.2, 0) is 22.7 Å². The SMILES string of the molecule is CN(CC(=O)N1CCN(C)C(CNC(=O)Cn2ncnn2)C1)Cc1ccccc1. The van der Waals surface area contributed by atoms with Gasteiger partial charge in [0.15, 0.2) is 6.33 Å². The van der Waals surface area contributed by atoms with E-state index >= 15 is 0 Å². The maximum absolute atomic E-state index is 12.8. The number of likely N-dealkylation sites (N-methyl/N-ethyl adjacent to an activating group) is 2. The van der Waals surface area contributed by atoms with Gasteiger partial charge in [0, 0.05) is 38.8 Å². The highest BCUT2D eigenvalue weighted by Gasteiger charge is 2.28. The summed E-state index contributed by atoms with van der Waals surface area (Å²) in [6.07, 6.45) is 1.29. The standard InChI is InChI=1S/C19H28N8O2/c1-24(11-16-6-4-3-5-7-16)14-19(29)26-9-8-25(2)17(12-26)10-20-18(28)13-27-22-15-21-23-27/h3-7,15,17H,8-14H2,1-2H3,(H,20,28). The number of aromatic nitrogens is 4. The Balaban J connectivity index is 1.45. The van der Waals surface area contributed by atoms with Crippen molar-refractivity contribution in [2.45, 2.75) is 19.1 Å². The zero-order chi connectivity index (χ0) is 20.6. The molecule has 1 aromatic heterocycles. The fraction of sp³-hybridized carbons (Fsp3) is 0.526. The number of amides is 2. The Hall–Kier alpha value is -2.85. The summed E-state index contributed by atoms with van der Waals surface area (Å²) in [5, 5.41) is 14.0. The summed E-state index contributed by atoms with van der Waals surface area (Å²) in [6, 6.07) is 10.2. The van der Waals surface area contributed by atoms with E-state index in [0.717, 1.165) is 13.1 Å². The Bertz CT molecular complexity index is 783. The molecular weight excluding hydrogens is 372 g/mol. The topological polar surface area (TPSA) is 99.5 Å². The molecule has 1 aliphatic heterocycles. The first-order valence-electron chi connectivity index (χ1n) is 9.69. The fourth-order valence-corrected chi connectivity index (χ4v) is 3.35. The molecule has 3 rings (SSSR count). The number of tetrazole rings is 1. The molecular formula is C19H28N8O2. The van der Waals surface area contributed by atoms with Crippen molar-refractivity contribution < 1.29 is 9.59 Å². The van der Waals surface area contributed by atoms with E-state index in [4.69, 9.17) is 0 Å². The van der Waals surface area contributed by atoms with Crippen molar-refractivity contribution in [1.82, 2.24) is 40.2 Å². The van der Waals surface area contributed by atoms with Gasteiger partial charge in [0.05, 0.1) is 6.54 Å². The maximum Gasteiger partial charge on any atom is 0.243 e. The van der Waals surface area contributed by atoms with Crippen molar-refractivity contribution in [3.63, 3.8) is 0 Å². The van der Waals surface area contributed by atoms with Crippen molar-refractivity contribution in [3.05, 3.63) is 42.2 Å². The largest absolute Gasteiger partial charge is 0.353 e. The minimum atomic E-state index is -0.178. The van der Waals surface area contributed by atoms with E-state index in [1.54, 1.807) is 0 Å². The van der Waals surface area contributed by atoms with E-state index in [1.165, 1.54) is 16.7 Å². The monoisotopic (exact) mass is 400 g/mol. The van der Waals surface area contributed by atoms with Crippen LogP contribution < -0.4 is 5.32 Å². The van der Waals surface area contributed by atoms with Gasteiger partial charge in [0.1, 0.15) is 6.54 Å². The lowest BCUT2D eigenvalue weighted by molar-refractivity contribution is -0.135. The molecule has 1 N–H and O–H groups in total. The van der Waals surface area contributed by atoms with Crippen LogP contribution in [0.1, 0.15) is 5.56 Å². The van der Waals surface area contributed by atoms with Gasteiger partial charge in [-0.2, -0.15) is 4.80 Å². The van der Waals surface area contributed by atoms with Crippen molar-refractivity contribution in [2.75, 3.05) is 46.8 Å². The molecule has 2 amide bonds. The van der Waals surface area contributed by atoms with E-state index in [2.05, 4.69) is 37.8 Å². The van der Waals surface area contributed by atoms with Gasteiger partial charge in [-0.3, -0.25) is 19.4 Å². The van der Waals surface area contributed by atoms with Gasteiger partial charge in [0.25, 0.3) is 0 Å². The normalized spacial score (nSPS) is 17.5. The first-order chi connectivity index (χ1) is 14.0. The van der Waals surface area contributed by atoms with Crippen molar-refractivity contribution in [3.8, 4) is 0 Å². The quantitative estimate of drug-likeness (QED) is 0.611. The number of nitrogens with zero attached hydrogens (tertiary/aromatic N) is 7. The van der Waals surface area contributed by atoms with Gasteiger partial charge in [-0.15, -0.1) is 10.2 Å². The van der Waals surface area contributed by atoms with E-state index in [-0.39, 0.29) is 24.4 Å². The molecule has 10 heteroatoms. The second-order valence-electron chi connectivity index (χ2n) is 7.40. The first-order valence-corrected chi connectivity index (χ1v) is 9.69. The summed E-state index contributed by atoms with van der Waals surface area (Å²) in [5.41, 5.74) is 1.18. The molecule has 156 valence electrons. The predicted octanol–water partition coefficient (Wildman–Crippen LogP) is -0.936. The zero-order valence-electron chi connectivity index (χ0n) is 16.9. The molecule has 0 spiro atoms. The average molecular weight is 400 g/mol. The van der Waals surface area contributed by atoms with Crippen molar-refractivity contribution >= 4 is 11.8 Å². The first kappa shape index (κ1) is 20.9. The van der Waals surface area contributed by atoms with Crippen LogP contribution in [0.5, 0.6) is 0 Å². The predicted molar refractivity (Wildman–Crippen MR) is 107 cm³/mol. The van der Waals surface area contributed by atoms with Gasteiger partial charge in [-0.25, -0.2) is 0 Å². The number of rotatable bonds is 8. The van der Waals surface area contributed by atoms with Gasteiger partial charge in [-0.1, -0.05) is 30.3 Å². The summed E-state index contributed by atoms with van der Waals surface area (Å²) in [6.45, 7) is 3.67. The molecule has 29 heavy (non-hydrogen) atoms. The Morgan fingerprint density at radius 1 is 1.24 bits per heavy atom. The fourth-order valence-electron chi connectivity index (χ4n) is 3.35. The van der Waals surface area contributed by atoms with Crippen LogP contribution >= 0.6 is 0 Å². The molecule has 2 aromatic rings. The molecule has 0 bridgehead atoms. The number of carbonyl (C=O) groups is 2. The lowest BCUT2D eigenvalue weighted by Gasteiger charge is -2.40. The third-order valence-electron chi connectivity index (χ3n) is 5.04. The number of carbonyl (C=O) groups excluding carboxylic acids is 2. The van der Waals surface area contributed by atoms with Crippen molar-refractivity contribution in [2.24, 2.45) is 0 Å². The lowest BCUT2D eigenvalue weighted by Crippen LogP contribution is -2.58. The summed E-state index contributed by atoms with van der Waals surface area (Å²) in [5.74, 6) is -0.0675. The van der Waals surface area contributed by atoms with E-state index in [0.29, 0.717) is 26.2 Å². The van der Waals surface area contributed by atoms with Gasteiger partial charge < -0.3 is 10.2 Å². The van der Waals surface area contributed by atoms with Gasteiger partial charge in [-0.05, 0) is 24.9 Å². The smallest absolute Gasteiger partial charge is 0.243 e. The summed E-state index contributed by atoms with van der Waals surface area (Å²) in [4.78, 5) is 32.1. The lowest BCUT2D eigenvalue weighted by atomic mass is 10.1. The summed E-state index contributed by atoms with van der Waals surface area (Å²) in [7, 11) is 3.97. The van der Waals surface area contributed by atoms with Crippen LogP contribution in [0.4, 0.5) is 0 Å². The Morgan fingerprint density at radius 3 is 2.76 bits per heavy atom. The van der Waals surface area contributed by atoms with Crippen LogP contribution in [0.15, 0.2) is 36.7 Å². The van der Waals surface area contributed by atoms with E-state index in [9.17, 15) is 9.59 Å². The van der Waals surface area contributed by atoms with Gasteiger partial charge in [0.2, 0.25) is 11.8 Å². The highest BCUT2D eigenvalue weighted by Crippen LogP contribution is 2.09. The van der Waals surface area contributed by atoms with Gasteiger partial charge >= 0.3 is 0 Å². The molecule has 0 aliphatic carbocycles. The second kappa shape index (κ2) is 10.1. The van der Waals surface area contributed by atoms with Crippen molar-refractivity contribution in [1.29, 1.82) is 0 Å². The molecule has 1 saturated heterocycles. The average Bonchev–Trinajstić information content (AvgIpc) is 3.21.